The van der Waals surface area contributed by atoms with E-state index in [1.807, 2.05) is 0 Å². The molecule has 10 aromatic rings. The van der Waals surface area contributed by atoms with Crippen LogP contribution in [0, 0.1) is 11.8 Å². The third-order valence-corrected chi connectivity index (χ3v) is 13.2. The van der Waals surface area contributed by atoms with E-state index in [-0.39, 0.29) is 0 Å². The largest absolute Gasteiger partial charge is 0.454 e. The van der Waals surface area contributed by atoms with Crippen LogP contribution in [0.2, 0.25) is 0 Å². The molecule has 2 unspecified atom stereocenters. The number of aromatic nitrogens is 3. The Hall–Kier alpha value is -6.00. The van der Waals surface area contributed by atoms with Crippen LogP contribution < -0.4 is 0 Å². The molecule has 252 valence electrons. The lowest BCUT2D eigenvalue weighted by Gasteiger charge is -2.38. The van der Waals surface area contributed by atoms with E-state index in [2.05, 4.69) is 132 Å². The van der Waals surface area contributed by atoms with Crippen LogP contribution in [0.5, 0.6) is 0 Å². The van der Waals surface area contributed by atoms with E-state index in [1.165, 1.54) is 87.2 Å². The molecular formula is C49H35N3O. The van der Waals surface area contributed by atoms with Gasteiger partial charge in [0.2, 0.25) is 0 Å². The lowest BCUT2D eigenvalue weighted by atomic mass is 9.67. The van der Waals surface area contributed by atoms with Crippen LogP contribution in [0.15, 0.2) is 132 Å². The minimum Gasteiger partial charge on any atom is -0.454 e. The van der Waals surface area contributed by atoms with Crippen LogP contribution in [0.4, 0.5) is 0 Å². The molecule has 0 aliphatic heterocycles. The molecule has 4 aliphatic rings. The smallest absolute Gasteiger partial charge is 0.163 e. The molecule has 0 N–H and O–H groups in total. The molecule has 4 nitrogen and oxygen atoms in total. The van der Waals surface area contributed by atoms with E-state index in [0.29, 0.717) is 11.8 Å². The van der Waals surface area contributed by atoms with Gasteiger partial charge in [-0.05, 0) is 90.8 Å². The average molecular weight is 682 g/mol. The van der Waals surface area contributed by atoms with Crippen molar-refractivity contribution in [3.63, 3.8) is 0 Å². The molecule has 0 saturated heterocycles. The molecule has 53 heavy (non-hydrogen) atoms. The molecule has 2 atom stereocenters. The topological polar surface area (TPSA) is 43.3 Å². The molecule has 2 fully saturated rings. The zero-order valence-corrected chi connectivity index (χ0v) is 29.2. The van der Waals surface area contributed by atoms with Gasteiger partial charge in [-0.2, -0.15) is 0 Å². The van der Waals surface area contributed by atoms with E-state index in [0.717, 1.165) is 61.8 Å². The molecular weight excluding hydrogens is 647 g/mol. The molecule has 14 rings (SSSR count). The second-order valence-electron chi connectivity index (χ2n) is 16.1. The summed E-state index contributed by atoms with van der Waals surface area (Å²) >= 11 is 0. The van der Waals surface area contributed by atoms with Crippen LogP contribution in [-0.2, 0) is 0 Å². The van der Waals surface area contributed by atoms with E-state index < -0.39 is 0 Å². The Bertz CT molecular complexity index is 3090. The highest BCUT2D eigenvalue weighted by molar-refractivity contribution is 6.32. The number of nitrogens with zero attached hydrogens (tertiary/aromatic N) is 3. The minimum absolute atomic E-state index is 0.523. The van der Waals surface area contributed by atoms with Gasteiger partial charge in [-0.15, -0.1) is 0 Å². The van der Waals surface area contributed by atoms with E-state index in [9.17, 15) is 0 Å². The van der Waals surface area contributed by atoms with Crippen molar-refractivity contribution in [2.45, 2.75) is 43.9 Å². The molecule has 4 heteroatoms. The minimum atomic E-state index is 0.523. The fourth-order valence-corrected chi connectivity index (χ4v) is 11.3. The predicted octanol–water partition coefficient (Wildman–Crippen LogP) is 12.9. The molecule has 5 aromatic carbocycles. The molecule has 4 bridgehead atoms. The Kier molecular flexibility index (Phi) is 5.56. The molecule has 2 saturated carbocycles. The van der Waals surface area contributed by atoms with Crippen molar-refractivity contribution in [1.82, 2.24) is 14.4 Å². The number of pyridine rings is 2. The lowest BCUT2D eigenvalue weighted by molar-refractivity contribution is 0.165. The highest BCUT2D eigenvalue weighted by atomic mass is 16.3. The summed E-state index contributed by atoms with van der Waals surface area (Å²) in [5.41, 5.74) is 15.9. The summed E-state index contributed by atoms with van der Waals surface area (Å²) in [5, 5.41) is 6.12. The molecule has 0 amide bonds. The van der Waals surface area contributed by atoms with Gasteiger partial charge in [-0.1, -0.05) is 103 Å². The molecule has 0 radical (unpaired) electrons. The van der Waals surface area contributed by atoms with Gasteiger partial charge in [0.1, 0.15) is 11.1 Å². The Labute approximate surface area is 306 Å². The van der Waals surface area contributed by atoms with Crippen molar-refractivity contribution < 1.29 is 4.42 Å². The van der Waals surface area contributed by atoms with Crippen molar-refractivity contribution in [1.29, 1.82) is 0 Å². The van der Waals surface area contributed by atoms with Crippen molar-refractivity contribution >= 4 is 60.2 Å². The van der Waals surface area contributed by atoms with E-state index in [4.69, 9.17) is 14.4 Å². The summed E-state index contributed by atoms with van der Waals surface area (Å²) in [6, 6.07) is 45.9. The zero-order valence-electron chi connectivity index (χ0n) is 29.2. The van der Waals surface area contributed by atoms with Crippen LogP contribution >= 0.6 is 0 Å². The Balaban J connectivity index is 1.33. The molecule has 5 aromatic heterocycles. The SMILES string of the molecule is c1ccc(-c2cc3c4c5c(nc(-c6ccccc6)c4n4c6c(-c7ccccc7)nc7c8ccccc8oc7c6c(c2)c34)C2CC3CC(C2)CC5C3)cc1. The number of rotatable bonds is 3. The number of furan rings is 1. The average Bonchev–Trinajstić information content (AvgIpc) is 3.83. The normalized spacial score (nSPS) is 20.8. The van der Waals surface area contributed by atoms with Gasteiger partial charge in [-0.25, -0.2) is 9.97 Å². The van der Waals surface area contributed by atoms with Gasteiger partial charge in [0.25, 0.3) is 0 Å². The summed E-state index contributed by atoms with van der Waals surface area (Å²) in [6.07, 6.45) is 6.52. The summed E-state index contributed by atoms with van der Waals surface area (Å²) in [5.74, 6) is 2.66. The second-order valence-corrected chi connectivity index (χ2v) is 16.1. The van der Waals surface area contributed by atoms with Crippen LogP contribution in [0.3, 0.4) is 0 Å². The Morgan fingerprint density at radius 3 is 1.75 bits per heavy atom. The first-order valence-corrected chi connectivity index (χ1v) is 19.3. The quantitative estimate of drug-likeness (QED) is 0.186. The van der Waals surface area contributed by atoms with Gasteiger partial charge < -0.3 is 8.82 Å². The van der Waals surface area contributed by atoms with Crippen molar-refractivity contribution in [3.8, 4) is 33.6 Å². The first-order valence-electron chi connectivity index (χ1n) is 19.3. The van der Waals surface area contributed by atoms with Gasteiger partial charge in [0.05, 0.1) is 33.3 Å². The number of hydrogen-bond donors (Lipinski definition) is 0. The van der Waals surface area contributed by atoms with Gasteiger partial charge in [0, 0.05) is 44.3 Å². The van der Waals surface area contributed by atoms with Crippen molar-refractivity contribution in [3.05, 3.63) is 139 Å². The first kappa shape index (κ1) is 28.6. The Morgan fingerprint density at radius 1 is 0.491 bits per heavy atom. The second kappa shape index (κ2) is 10.3. The number of fused-ring (bicyclic) bond motifs is 10. The predicted molar refractivity (Wildman–Crippen MR) is 216 cm³/mol. The van der Waals surface area contributed by atoms with E-state index >= 15 is 0 Å². The standard InChI is InChI=1S/C49H35N3O/c1-4-12-29(13-5-1)32-25-36-40-39-33-21-27-20-28(22-33)24-34(23-27)42(39)50-43(30-14-6-2-7-15-30)47(40)52-46(36)37(26-32)41-48(52)44(31-16-8-3-9-17-31)51-45-35-18-10-11-19-38(35)53-49(41)45/h1-19,25-28,33-34H,20-24H2. The third-order valence-electron chi connectivity index (χ3n) is 13.2. The Morgan fingerprint density at radius 2 is 1.06 bits per heavy atom. The monoisotopic (exact) mass is 681 g/mol. The summed E-state index contributed by atoms with van der Waals surface area (Å²) in [7, 11) is 0. The first-order chi connectivity index (χ1) is 26.3. The van der Waals surface area contributed by atoms with Gasteiger partial charge in [0.15, 0.2) is 5.58 Å². The van der Waals surface area contributed by atoms with Crippen molar-refractivity contribution in [2.24, 2.45) is 11.8 Å². The van der Waals surface area contributed by atoms with Crippen LogP contribution in [-0.4, -0.2) is 14.4 Å². The molecule has 5 heterocycles. The number of hydrogen-bond acceptors (Lipinski definition) is 3. The van der Waals surface area contributed by atoms with Crippen molar-refractivity contribution in [2.75, 3.05) is 0 Å². The maximum atomic E-state index is 6.88. The third kappa shape index (κ3) is 3.80. The number of benzene rings is 5. The van der Waals surface area contributed by atoms with Crippen LogP contribution in [0.1, 0.15) is 55.2 Å². The highest BCUT2D eigenvalue weighted by Gasteiger charge is 2.45. The maximum absolute atomic E-state index is 6.88. The summed E-state index contributed by atoms with van der Waals surface area (Å²) < 4.78 is 9.45. The van der Waals surface area contributed by atoms with Gasteiger partial charge in [-0.3, -0.25) is 0 Å². The van der Waals surface area contributed by atoms with E-state index in [1.54, 1.807) is 0 Å². The van der Waals surface area contributed by atoms with Crippen LogP contribution in [0.25, 0.3) is 93.8 Å². The maximum Gasteiger partial charge on any atom is 0.163 e. The van der Waals surface area contributed by atoms with Gasteiger partial charge >= 0.3 is 0 Å². The molecule has 4 aliphatic carbocycles. The summed E-state index contributed by atoms with van der Waals surface area (Å²) in [4.78, 5) is 11.5. The lowest BCUT2D eigenvalue weighted by Crippen LogP contribution is -2.25. The fourth-order valence-electron chi connectivity index (χ4n) is 11.3. The molecule has 0 spiro atoms. The highest BCUT2D eigenvalue weighted by Crippen LogP contribution is 2.59. The number of para-hydroxylation sites is 1. The fraction of sp³-hybridized carbons (Fsp3) is 0.184. The zero-order chi connectivity index (χ0) is 34.4. The summed E-state index contributed by atoms with van der Waals surface area (Å²) in [6.45, 7) is 0.